The summed E-state index contributed by atoms with van der Waals surface area (Å²) < 4.78 is 37.6. The fraction of sp³-hybridized carbons (Fsp3) is 0.500. The lowest BCUT2D eigenvalue weighted by atomic mass is 9.78. The average molecular weight is 231 g/mol. The minimum Gasteiger partial charge on any atom is -0.294 e. The second-order valence-electron chi connectivity index (χ2n) is 3.13. The molecule has 1 fully saturated rings. The van der Waals surface area contributed by atoms with E-state index in [4.69, 9.17) is 10.5 Å². The summed E-state index contributed by atoms with van der Waals surface area (Å²) in [6.07, 6.45) is -4.95. The van der Waals surface area contributed by atoms with Crippen LogP contribution in [0.1, 0.15) is 0 Å². The summed E-state index contributed by atoms with van der Waals surface area (Å²) in [5.41, 5.74) is 0. The minimum absolute atomic E-state index is 1.16. The lowest BCUT2D eigenvalue weighted by molar-refractivity contribution is -0.201. The molecule has 1 N–H and O–H groups in total. The van der Waals surface area contributed by atoms with Gasteiger partial charge in [-0.25, -0.2) is 0 Å². The number of nitriles is 2. The molecule has 16 heavy (non-hydrogen) atoms. The Kier molecular flexibility index (Phi) is 2.86. The molecule has 0 aliphatic carbocycles. The molecule has 8 heteroatoms. The van der Waals surface area contributed by atoms with Crippen molar-refractivity contribution in [1.82, 2.24) is 5.32 Å². The van der Waals surface area contributed by atoms with Gasteiger partial charge in [-0.1, -0.05) is 0 Å². The van der Waals surface area contributed by atoms with Crippen molar-refractivity contribution in [2.45, 2.75) is 6.18 Å². The Balaban J connectivity index is 3.23. The highest BCUT2D eigenvalue weighted by Gasteiger charge is 2.57. The molecule has 0 aromatic carbocycles. The fourth-order valence-electron chi connectivity index (χ4n) is 1.45. The topological polar surface area (TPSA) is 93.8 Å². The molecule has 2 amide bonds. The Bertz CT molecular complexity index is 386. The second-order valence-corrected chi connectivity index (χ2v) is 3.13. The maximum Gasteiger partial charge on any atom is 0.395 e. The fourth-order valence-corrected chi connectivity index (χ4v) is 1.45. The van der Waals surface area contributed by atoms with Crippen LogP contribution in [0.5, 0.6) is 0 Å². The van der Waals surface area contributed by atoms with Gasteiger partial charge in [-0.05, 0) is 0 Å². The zero-order valence-electron chi connectivity index (χ0n) is 7.58. The van der Waals surface area contributed by atoms with Crippen LogP contribution in [-0.2, 0) is 9.59 Å². The maximum absolute atomic E-state index is 12.5. The molecule has 1 aliphatic heterocycles. The van der Waals surface area contributed by atoms with E-state index in [1.54, 1.807) is 5.32 Å². The largest absolute Gasteiger partial charge is 0.395 e. The van der Waals surface area contributed by atoms with E-state index in [9.17, 15) is 22.8 Å². The zero-order valence-corrected chi connectivity index (χ0v) is 7.58. The van der Waals surface area contributed by atoms with Crippen LogP contribution >= 0.6 is 0 Å². The van der Waals surface area contributed by atoms with Crippen LogP contribution in [0.2, 0.25) is 0 Å². The van der Waals surface area contributed by atoms with Crippen molar-refractivity contribution in [3.05, 3.63) is 0 Å². The normalized spacial score (nSPS) is 26.8. The monoisotopic (exact) mass is 231 g/mol. The first-order chi connectivity index (χ1) is 7.32. The number of alkyl halides is 3. The Morgan fingerprint density at radius 2 is 1.44 bits per heavy atom. The van der Waals surface area contributed by atoms with Gasteiger partial charge in [0.05, 0.1) is 12.1 Å². The van der Waals surface area contributed by atoms with Gasteiger partial charge < -0.3 is 0 Å². The van der Waals surface area contributed by atoms with Gasteiger partial charge in [0.25, 0.3) is 0 Å². The third kappa shape index (κ3) is 1.82. The van der Waals surface area contributed by atoms with Crippen molar-refractivity contribution in [2.75, 3.05) is 0 Å². The number of amides is 2. The lowest BCUT2D eigenvalue weighted by Gasteiger charge is -2.30. The lowest BCUT2D eigenvalue weighted by Crippen LogP contribution is -2.55. The third-order valence-corrected chi connectivity index (χ3v) is 2.19. The van der Waals surface area contributed by atoms with Crippen molar-refractivity contribution in [2.24, 2.45) is 17.8 Å². The minimum atomic E-state index is -4.95. The zero-order chi connectivity index (χ0) is 12.5. The highest BCUT2D eigenvalue weighted by atomic mass is 19.4. The first-order valence-corrected chi connectivity index (χ1v) is 4.03. The molecule has 0 spiro atoms. The number of hydrogen-bond acceptors (Lipinski definition) is 4. The third-order valence-electron chi connectivity index (χ3n) is 2.19. The molecule has 0 saturated carbocycles. The van der Waals surface area contributed by atoms with Gasteiger partial charge in [0, 0.05) is 0 Å². The Morgan fingerprint density at radius 3 is 1.69 bits per heavy atom. The molecule has 0 unspecified atom stereocenters. The van der Waals surface area contributed by atoms with Gasteiger partial charge >= 0.3 is 6.18 Å². The summed E-state index contributed by atoms with van der Waals surface area (Å²) in [6, 6.07) is 2.32. The number of carbonyl (C=O) groups is 2. The highest BCUT2D eigenvalue weighted by Crippen LogP contribution is 2.39. The van der Waals surface area contributed by atoms with Gasteiger partial charge in [0.15, 0.2) is 0 Å². The van der Waals surface area contributed by atoms with E-state index >= 15 is 0 Å². The smallest absolute Gasteiger partial charge is 0.294 e. The number of rotatable bonds is 0. The average Bonchev–Trinajstić information content (AvgIpc) is 2.15. The highest BCUT2D eigenvalue weighted by molar-refractivity contribution is 6.02. The molecular weight excluding hydrogens is 227 g/mol. The molecule has 1 rings (SSSR count). The first-order valence-electron chi connectivity index (χ1n) is 4.03. The van der Waals surface area contributed by atoms with E-state index in [0.29, 0.717) is 0 Å². The molecule has 5 nitrogen and oxygen atoms in total. The van der Waals surface area contributed by atoms with Crippen LogP contribution in [0.3, 0.4) is 0 Å². The van der Waals surface area contributed by atoms with Gasteiger partial charge in [-0.3, -0.25) is 14.9 Å². The molecule has 1 aliphatic rings. The Hall–Kier alpha value is -2.09. The van der Waals surface area contributed by atoms with E-state index in [1.165, 1.54) is 0 Å². The van der Waals surface area contributed by atoms with Crippen LogP contribution in [-0.4, -0.2) is 18.0 Å². The maximum atomic E-state index is 12.5. The number of nitrogens with zero attached hydrogens (tertiary/aromatic N) is 2. The number of imide groups is 1. The van der Waals surface area contributed by atoms with Gasteiger partial charge in [0.2, 0.25) is 11.8 Å². The molecular formula is C8H4F3N3O2. The van der Waals surface area contributed by atoms with E-state index in [0.717, 1.165) is 12.1 Å². The SMILES string of the molecule is N#C[C@@H]1C(=O)NC(=O)[C@@H](C#N)C1C(F)(F)F. The Labute approximate surface area is 87.4 Å². The molecule has 1 heterocycles. The van der Waals surface area contributed by atoms with E-state index < -0.39 is 35.7 Å². The van der Waals surface area contributed by atoms with Crippen LogP contribution in [0.25, 0.3) is 0 Å². The predicted octanol–water partition coefficient (Wildman–Crippen LogP) is 0.101. The Morgan fingerprint density at radius 1 is 1.06 bits per heavy atom. The van der Waals surface area contributed by atoms with Crippen LogP contribution in [0, 0.1) is 40.4 Å². The van der Waals surface area contributed by atoms with Gasteiger partial charge in [-0.15, -0.1) is 0 Å². The standard InChI is InChI=1S/C8H4F3N3O2/c9-8(10,11)5-3(1-12)6(15)14-7(16)4(5)2-13/h3-5H,(H,14,15,16)/t3-,4-/m0/s1. The molecule has 0 bridgehead atoms. The molecule has 2 atom stereocenters. The molecule has 1 saturated heterocycles. The number of hydrogen-bond donors (Lipinski definition) is 1. The molecule has 0 radical (unpaired) electrons. The van der Waals surface area contributed by atoms with Crippen molar-refractivity contribution in [1.29, 1.82) is 10.5 Å². The van der Waals surface area contributed by atoms with Crippen LogP contribution in [0.4, 0.5) is 13.2 Å². The summed E-state index contributed by atoms with van der Waals surface area (Å²) in [6.45, 7) is 0. The van der Waals surface area contributed by atoms with Crippen LogP contribution in [0.15, 0.2) is 0 Å². The van der Waals surface area contributed by atoms with Crippen molar-refractivity contribution in [3.63, 3.8) is 0 Å². The number of carbonyl (C=O) groups excluding carboxylic acids is 2. The number of piperidine rings is 1. The van der Waals surface area contributed by atoms with E-state index in [1.807, 2.05) is 0 Å². The summed E-state index contributed by atoms with van der Waals surface area (Å²) in [5, 5.41) is 18.5. The first kappa shape index (κ1) is 12.0. The number of halogens is 3. The second kappa shape index (κ2) is 3.81. The van der Waals surface area contributed by atoms with Crippen molar-refractivity contribution < 1.29 is 22.8 Å². The molecule has 0 aromatic rings. The number of nitrogens with one attached hydrogen (secondary N) is 1. The van der Waals surface area contributed by atoms with Gasteiger partial charge in [0.1, 0.15) is 17.8 Å². The van der Waals surface area contributed by atoms with Crippen LogP contribution < -0.4 is 5.32 Å². The summed E-state index contributed by atoms with van der Waals surface area (Å²) in [7, 11) is 0. The molecule has 84 valence electrons. The molecule has 0 aromatic heterocycles. The van der Waals surface area contributed by atoms with E-state index in [2.05, 4.69) is 0 Å². The summed E-state index contributed by atoms with van der Waals surface area (Å²) in [5.74, 6) is -9.34. The summed E-state index contributed by atoms with van der Waals surface area (Å²) >= 11 is 0. The predicted molar refractivity (Wildman–Crippen MR) is 40.9 cm³/mol. The van der Waals surface area contributed by atoms with E-state index in [-0.39, 0.29) is 0 Å². The summed E-state index contributed by atoms with van der Waals surface area (Å²) in [4.78, 5) is 22.0. The quantitative estimate of drug-likeness (QED) is 0.598. The van der Waals surface area contributed by atoms with Crippen molar-refractivity contribution in [3.8, 4) is 12.1 Å². The van der Waals surface area contributed by atoms with Crippen molar-refractivity contribution >= 4 is 11.8 Å². The van der Waals surface area contributed by atoms with Gasteiger partial charge in [-0.2, -0.15) is 23.7 Å².